The van der Waals surface area contributed by atoms with Gasteiger partial charge in [-0.2, -0.15) is 0 Å². The fourth-order valence-electron chi connectivity index (χ4n) is 2.79. The highest BCUT2D eigenvalue weighted by Gasteiger charge is 2.22. The minimum Gasteiger partial charge on any atom is -0.497 e. The number of methoxy groups -OCH3 is 1. The number of halogens is 1. The van der Waals surface area contributed by atoms with Crippen LogP contribution in [0.4, 0.5) is 9.52 Å². The van der Waals surface area contributed by atoms with Gasteiger partial charge in [-0.05, 0) is 36.4 Å². The predicted octanol–water partition coefficient (Wildman–Crippen LogP) is 2.63. The van der Waals surface area contributed by atoms with Crippen molar-refractivity contribution in [1.82, 2.24) is 4.98 Å². The lowest BCUT2D eigenvalue weighted by Crippen LogP contribution is -3.05. The van der Waals surface area contributed by atoms with Crippen LogP contribution >= 0.6 is 11.3 Å². The van der Waals surface area contributed by atoms with Crippen molar-refractivity contribution < 1.29 is 18.8 Å². The van der Waals surface area contributed by atoms with Crippen LogP contribution in [0.1, 0.15) is 16.8 Å². The molecule has 3 rings (SSSR count). The number of amides is 1. The van der Waals surface area contributed by atoms with Crippen LogP contribution < -0.4 is 14.5 Å². The summed E-state index contributed by atoms with van der Waals surface area (Å²) in [5, 5.41) is 0.581. The second kappa shape index (κ2) is 8.45. The average Bonchev–Trinajstić information content (AvgIpc) is 3.07. The summed E-state index contributed by atoms with van der Waals surface area (Å²) in [6, 6.07) is 11.6. The highest BCUT2D eigenvalue weighted by molar-refractivity contribution is 7.22. The normalized spacial score (nSPS) is 11.1. The van der Waals surface area contributed by atoms with Crippen molar-refractivity contribution in [2.24, 2.45) is 0 Å². The zero-order valence-corrected chi connectivity index (χ0v) is 16.5. The Labute approximate surface area is 162 Å². The summed E-state index contributed by atoms with van der Waals surface area (Å²) >= 11 is 1.33. The Morgan fingerprint density at radius 1 is 1.26 bits per heavy atom. The molecule has 0 saturated heterocycles. The first-order valence-electron chi connectivity index (χ1n) is 8.79. The van der Waals surface area contributed by atoms with Crippen LogP contribution in [-0.4, -0.2) is 45.2 Å². The molecule has 0 atom stereocenters. The molecule has 7 heteroatoms. The molecule has 27 heavy (non-hydrogen) atoms. The van der Waals surface area contributed by atoms with Gasteiger partial charge in [0.25, 0.3) is 5.91 Å². The van der Waals surface area contributed by atoms with E-state index in [0.29, 0.717) is 28.5 Å². The molecule has 0 fully saturated rings. The number of quaternary nitrogens is 1. The third-order valence-electron chi connectivity index (χ3n) is 4.19. The van der Waals surface area contributed by atoms with E-state index in [2.05, 4.69) is 19.1 Å². The first kappa shape index (κ1) is 19.3. The quantitative estimate of drug-likeness (QED) is 0.677. The Morgan fingerprint density at radius 3 is 2.81 bits per heavy atom. The number of thiazole rings is 1. The van der Waals surface area contributed by atoms with Crippen LogP contribution in [-0.2, 0) is 0 Å². The van der Waals surface area contributed by atoms with Gasteiger partial charge in [0.2, 0.25) is 0 Å². The molecule has 0 aliphatic heterocycles. The maximum absolute atomic E-state index is 13.5. The van der Waals surface area contributed by atoms with Crippen LogP contribution in [0.5, 0.6) is 5.75 Å². The number of fused-ring (bicyclic) bond motifs is 1. The van der Waals surface area contributed by atoms with E-state index in [1.807, 2.05) is 0 Å². The van der Waals surface area contributed by atoms with Crippen molar-refractivity contribution in [3.63, 3.8) is 0 Å². The van der Waals surface area contributed by atoms with Crippen molar-refractivity contribution in [3.8, 4) is 5.75 Å². The van der Waals surface area contributed by atoms with E-state index in [4.69, 9.17) is 4.74 Å². The molecule has 1 amide bonds. The van der Waals surface area contributed by atoms with E-state index in [0.717, 1.165) is 17.7 Å². The number of carbonyl (C=O) groups is 1. The molecule has 2 aromatic carbocycles. The van der Waals surface area contributed by atoms with Crippen molar-refractivity contribution in [2.75, 3.05) is 39.2 Å². The molecule has 0 saturated carbocycles. The first-order valence-corrected chi connectivity index (χ1v) is 9.60. The summed E-state index contributed by atoms with van der Waals surface area (Å²) in [5.41, 5.74) is 1.23. The molecule has 1 aromatic heterocycles. The molecule has 3 aromatic rings. The molecule has 5 nitrogen and oxygen atoms in total. The number of hydrogen-bond donors (Lipinski definition) is 1. The molecule has 0 aliphatic carbocycles. The van der Waals surface area contributed by atoms with Crippen LogP contribution in [0, 0.1) is 5.82 Å². The highest BCUT2D eigenvalue weighted by atomic mass is 32.1. The Kier molecular flexibility index (Phi) is 6.03. The SMILES string of the molecule is COc1cccc(C(=O)N(CCC[NH+](C)C)c2nc3ccc(F)cc3s2)c1. The zero-order chi connectivity index (χ0) is 19.4. The number of hydrogen-bond acceptors (Lipinski definition) is 4. The second-order valence-corrected chi connectivity index (χ2v) is 7.62. The zero-order valence-electron chi connectivity index (χ0n) is 15.7. The van der Waals surface area contributed by atoms with Crippen LogP contribution in [0.15, 0.2) is 42.5 Å². The van der Waals surface area contributed by atoms with Crippen LogP contribution in [0.2, 0.25) is 0 Å². The Hall–Kier alpha value is -2.51. The van der Waals surface area contributed by atoms with Gasteiger partial charge in [0.05, 0.1) is 38.0 Å². The topological polar surface area (TPSA) is 46.9 Å². The summed E-state index contributed by atoms with van der Waals surface area (Å²) in [6.45, 7) is 1.48. The first-order chi connectivity index (χ1) is 13.0. The largest absolute Gasteiger partial charge is 0.497 e. The molecule has 1 heterocycles. The molecule has 0 radical (unpaired) electrons. The lowest BCUT2D eigenvalue weighted by atomic mass is 10.2. The van der Waals surface area contributed by atoms with E-state index >= 15 is 0 Å². The predicted molar refractivity (Wildman–Crippen MR) is 107 cm³/mol. The number of benzene rings is 2. The van der Waals surface area contributed by atoms with Crippen molar-refractivity contribution in [3.05, 3.63) is 53.8 Å². The molecular weight excluding hydrogens is 365 g/mol. The molecule has 142 valence electrons. The number of anilines is 1. The third-order valence-corrected chi connectivity index (χ3v) is 5.23. The minimum atomic E-state index is -0.306. The summed E-state index contributed by atoms with van der Waals surface area (Å²) in [4.78, 5) is 20.7. The van der Waals surface area contributed by atoms with E-state index in [9.17, 15) is 9.18 Å². The Balaban J connectivity index is 1.94. The van der Waals surface area contributed by atoms with Gasteiger partial charge in [-0.15, -0.1) is 0 Å². The summed E-state index contributed by atoms with van der Waals surface area (Å²) in [7, 11) is 5.73. The van der Waals surface area contributed by atoms with Gasteiger partial charge in [0, 0.05) is 18.5 Å². The lowest BCUT2D eigenvalue weighted by molar-refractivity contribution is -0.858. The van der Waals surface area contributed by atoms with Gasteiger partial charge in [-0.1, -0.05) is 17.4 Å². The smallest absolute Gasteiger partial charge is 0.260 e. The van der Waals surface area contributed by atoms with Gasteiger partial charge in [-0.25, -0.2) is 9.37 Å². The summed E-state index contributed by atoms with van der Waals surface area (Å²) < 4.78 is 19.5. The molecule has 0 bridgehead atoms. The number of nitrogens with zero attached hydrogens (tertiary/aromatic N) is 2. The van der Waals surface area contributed by atoms with Crippen molar-refractivity contribution in [2.45, 2.75) is 6.42 Å². The van der Waals surface area contributed by atoms with Crippen LogP contribution in [0.3, 0.4) is 0 Å². The number of nitrogens with one attached hydrogen (secondary N) is 1. The minimum absolute atomic E-state index is 0.137. The fourth-order valence-corrected chi connectivity index (χ4v) is 3.80. The maximum Gasteiger partial charge on any atom is 0.260 e. The molecule has 0 aliphatic rings. The van der Waals surface area contributed by atoms with E-state index in [1.54, 1.807) is 42.3 Å². The molecular formula is C20H23FN3O2S+. The average molecular weight is 388 g/mol. The second-order valence-electron chi connectivity index (χ2n) is 6.61. The standard InChI is InChI=1S/C20H22FN3O2S/c1-23(2)10-5-11-24(19(25)14-6-4-7-16(12-14)26-3)20-22-17-9-8-15(21)13-18(17)27-20/h4,6-9,12-13H,5,10-11H2,1-3H3/p+1. The third kappa shape index (κ3) is 4.61. The Morgan fingerprint density at radius 2 is 2.07 bits per heavy atom. The highest BCUT2D eigenvalue weighted by Crippen LogP contribution is 2.30. The number of rotatable bonds is 7. The van der Waals surface area contributed by atoms with Crippen molar-refractivity contribution >= 4 is 32.6 Å². The number of carbonyl (C=O) groups excluding carboxylic acids is 1. The monoisotopic (exact) mass is 388 g/mol. The molecule has 0 spiro atoms. The van der Waals surface area contributed by atoms with E-state index in [1.165, 1.54) is 28.4 Å². The summed E-state index contributed by atoms with van der Waals surface area (Å²) in [5.74, 6) is 0.187. The van der Waals surface area contributed by atoms with Gasteiger partial charge in [0.15, 0.2) is 5.13 Å². The Bertz CT molecular complexity index is 942. The van der Waals surface area contributed by atoms with Gasteiger partial charge >= 0.3 is 0 Å². The van der Waals surface area contributed by atoms with Gasteiger partial charge < -0.3 is 9.64 Å². The number of ether oxygens (including phenoxy) is 1. The van der Waals surface area contributed by atoms with Crippen LogP contribution in [0.25, 0.3) is 10.2 Å². The van der Waals surface area contributed by atoms with Gasteiger partial charge in [-0.3, -0.25) is 9.69 Å². The van der Waals surface area contributed by atoms with E-state index < -0.39 is 0 Å². The van der Waals surface area contributed by atoms with Gasteiger partial charge in [0.1, 0.15) is 11.6 Å². The summed E-state index contributed by atoms with van der Waals surface area (Å²) in [6.07, 6.45) is 0.836. The molecule has 1 N–H and O–H groups in total. The number of aromatic nitrogens is 1. The van der Waals surface area contributed by atoms with E-state index in [-0.39, 0.29) is 11.7 Å². The molecule has 0 unspecified atom stereocenters. The fraction of sp³-hybridized carbons (Fsp3) is 0.300. The lowest BCUT2D eigenvalue weighted by Gasteiger charge is -2.20. The van der Waals surface area contributed by atoms with Crippen molar-refractivity contribution in [1.29, 1.82) is 0 Å². The maximum atomic E-state index is 13.5.